The minimum absolute atomic E-state index is 0.428. The van der Waals surface area contributed by atoms with E-state index in [9.17, 15) is 5.11 Å². The summed E-state index contributed by atoms with van der Waals surface area (Å²) in [5.41, 5.74) is 0.891. The van der Waals surface area contributed by atoms with Crippen LogP contribution in [0.15, 0.2) is 30.3 Å². The second-order valence-electron chi connectivity index (χ2n) is 7.03. The number of rotatable bonds is 5. The van der Waals surface area contributed by atoms with Gasteiger partial charge in [0.2, 0.25) is 0 Å². The van der Waals surface area contributed by atoms with Crippen LogP contribution in [0.5, 0.6) is 0 Å². The molecule has 2 fully saturated rings. The summed E-state index contributed by atoms with van der Waals surface area (Å²) in [5.74, 6) is 1.42. The maximum absolute atomic E-state index is 10.8. The Morgan fingerprint density at radius 2 is 2.00 bits per heavy atom. The molecule has 0 bridgehead atoms. The average Bonchev–Trinajstić information content (AvgIpc) is 3.24. The highest BCUT2D eigenvalue weighted by Crippen LogP contribution is 2.41. The van der Waals surface area contributed by atoms with Gasteiger partial charge in [0.05, 0.1) is 5.60 Å². The van der Waals surface area contributed by atoms with Crippen molar-refractivity contribution < 1.29 is 5.11 Å². The largest absolute Gasteiger partial charge is 0.389 e. The standard InChI is InChI=1S/C18H27NO/c1-14-6-5-11-18(20,12-14)13-19-17(16-9-10-16)15-7-3-2-4-8-15/h2-4,7-8,14,16-17,19-20H,5-6,9-13H2,1H3. The molecule has 0 spiro atoms. The predicted molar refractivity (Wildman–Crippen MR) is 82.5 cm³/mol. The Balaban J connectivity index is 1.63. The van der Waals surface area contributed by atoms with E-state index in [0.717, 1.165) is 25.3 Å². The fraction of sp³-hybridized carbons (Fsp3) is 0.667. The molecule has 2 N–H and O–H groups in total. The molecule has 0 aliphatic heterocycles. The highest BCUT2D eigenvalue weighted by molar-refractivity contribution is 5.21. The van der Waals surface area contributed by atoms with Gasteiger partial charge in [0.15, 0.2) is 0 Å². The first-order valence-electron chi connectivity index (χ1n) is 8.17. The van der Waals surface area contributed by atoms with Crippen LogP contribution < -0.4 is 5.32 Å². The molecule has 0 amide bonds. The van der Waals surface area contributed by atoms with Gasteiger partial charge in [0.1, 0.15) is 0 Å². The predicted octanol–water partition coefficient (Wildman–Crippen LogP) is 3.67. The third kappa shape index (κ3) is 3.42. The van der Waals surface area contributed by atoms with Crippen LogP contribution in [-0.4, -0.2) is 17.3 Å². The molecule has 110 valence electrons. The fourth-order valence-corrected chi connectivity index (χ4v) is 3.74. The van der Waals surface area contributed by atoms with Crippen molar-refractivity contribution in [2.75, 3.05) is 6.54 Å². The lowest BCUT2D eigenvalue weighted by atomic mass is 9.78. The van der Waals surface area contributed by atoms with Gasteiger partial charge in [-0.25, -0.2) is 0 Å². The van der Waals surface area contributed by atoms with Crippen LogP contribution in [0.2, 0.25) is 0 Å². The van der Waals surface area contributed by atoms with E-state index in [1.807, 2.05) is 0 Å². The summed E-state index contributed by atoms with van der Waals surface area (Å²) in [6.07, 6.45) is 6.98. The molecule has 2 saturated carbocycles. The topological polar surface area (TPSA) is 32.3 Å². The summed E-state index contributed by atoms with van der Waals surface area (Å²) in [4.78, 5) is 0. The minimum Gasteiger partial charge on any atom is -0.389 e. The van der Waals surface area contributed by atoms with E-state index < -0.39 is 5.60 Å². The van der Waals surface area contributed by atoms with Crippen LogP contribution in [0, 0.1) is 11.8 Å². The molecule has 0 saturated heterocycles. The van der Waals surface area contributed by atoms with E-state index in [4.69, 9.17) is 0 Å². The molecule has 0 heterocycles. The minimum atomic E-state index is -0.487. The number of aliphatic hydroxyl groups is 1. The molecule has 0 radical (unpaired) electrons. The maximum Gasteiger partial charge on any atom is 0.0774 e. The second-order valence-corrected chi connectivity index (χ2v) is 7.03. The highest BCUT2D eigenvalue weighted by Gasteiger charge is 2.36. The molecular weight excluding hydrogens is 246 g/mol. The smallest absolute Gasteiger partial charge is 0.0774 e. The molecule has 3 atom stereocenters. The fourth-order valence-electron chi connectivity index (χ4n) is 3.74. The molecule has 2 aliphatic rings. The summed E-state index contributed by atoms with van der Waals surface area (Å²) in [5, 5.41) is 14.5. The number of hydrogen-bond donors (Lipinski definition) is 2. The van der Waals surface area contributed by atoms with Gasteiger partial charge in [0.25, 0.3) is 0 Å². The third-order valence-corrected chi connectivity index (χ3v) is 4.97. The Kier molecular flexibility index (Phi) is 4.13. The van der Waals surface area contributed by atoms with Crippen molar-refractivity contribution in [1.29, 1.82) is 0 Å². The molecule has 2 heteroatoms. The first-order valence-corrected chi connectivity index (χ1v) is 8.17. The summed E-state index contributed by atoms with van der Waals surface area (Å²) in [6, 6.07) is 11.2. The van der Waals surface area contributed by atoms with E-state index in [1.54, 1.807) is 0 Å². The Hall–Kier alpha value is -0.860. The summed E-state index contributed by atoms with van der Waals surface area (Å²) >= 11 is 0. The maximum atomic E-state index is 10.8. The monoisotopic (exact) mass is 273 g/mol. The van der Waals surface area contributed by atoms with Crippen molar-refractivity contribution in [3.05, 3.63) is 35.9 Å². The molecule has 1 aromatic rings. The number of benzene rings is 1. The van der Waals surface area contributed by atoms with E-state index in [2.05, 4.69) is 42.6 Å². The normalized spacial score (nSPS) is 32.0. The molecule has 3 unspecified atom stereocenters. The number of hydrogen-bond acceptors (Lipinski definition) is 2. The highest BCUT2D eigenvalue weighted by atomic mass is 16.3. The van der Waals surface area contributed by atoms with Crippen LogP contribution in [0.1, 0.15) is 57.1 Å². The van der Waals surface area contributed by atoms with Gasteiger partial charge < -0.3 is 10.4 Å². The summed E-state index contributed by atoms with van der Waals surface area (Å²) in [7, 11) is 0. The van der Waals surface area contributed by atoms with Gasteiger partial charge in [-0.3, -0.25) is 0 Å². The molecule has 0 aromatic heterocycles. The van der Waals surface area contributed by atoms with Crippen molar-refractivity contribution in [3.63, 3.8) is 0 Å². The lowest BCUT2D eigenvalue weighted by Crippen LogP contribution is -2.45. The quantitative estimate of drug-likeness (QED) is 0.858. The molecule has 1 aromatic carbocycles. The molecule has 20 heavy (non-hydrogen) atoms. The van der Waals surface area contributed by atoms with Gasteiger partial charge >= 0.3 is 0 Å². The van der Waals surface area contributed by atoms with Crippen LogP contribution >= 0.6 is 0 Å². The SMILES string of the molecule is CC1CCCC(O)(CNC(c2ccccc2)C2CC2)C1. The summed E-state index contributed by atoms with van der Waals surface area (Å²) in [6.45, 7) is 3.01. The van der Waals surface area contributed by atoms with Crippen LogP contribution in [0.4, 0.5) is 0 Å². The van der Waals surface area contributed by atoms with Gasteiger partial charge in [-0.05, 0) is 43.1 Å². The van der Waals surface area contributed by atoms with Crippen LogP contribution in [0.3, 0.4) is 0 Å². The zero-order chi connectivity index (χ0) is 14.0. The molecular formula is C18H27NO. The Morgan fingerprint density at radius 3 is 2.65 bits per heavy atom. The van der Waals surface area contributed by atoms with Crippen molar-refractivity contribution >= 4 is 0 Å². The van der Waals surface area contributed by atoms with Crippen molar-refractivity contribution in [1.82, 2.24) is 5.32 Å². The van der Waals surface area contributed by atoms with Crippen molar-refractivity contribution in [3.8, 4) is 0 Å². The van der Waals surface area contributed by atoms with Crippen molar-refractivity contribution in [2.45, 2.75) is 57.1 Å². The molecule has 2 aliphatic carbocycles. The van der Waals surface area contributed by atoms with Crippen LogP contribution in [0.25, 0.3) is 0 Å². The summed E-state index contributed by atoms with van der Waals surface area (Å²) < 4.78 is 0. The zero-order valence-corrected chi connectivity index (χ0v) is 12.5. The lowest BCUT2D eigenvalue weighted by Gasteiger charge is -2.37. The van der Waals surface area contributed by atoms with E-state index >= 15 is 0 Å². The van der Waals surface area contributed by atoms with Gasteiger partial charge in [-0.15, -0.1) is 0 Å². The Morgan fingerprint density at radius 1 is 1.25 bits per heavy atom. The number of nitrogens with one attached hydrogen (secondary N) is 1. The van der Waals surface area contributed by atoms with Gasteiger partial charge in [-0.1, -0.05) is 50.1 Å². The Bertz CT molecular complexity index is 428. The van der Waals surface area contributed by atoms with Gasteiger partial charge in [0, 0.05) is 12.6 Å². The zero-order valence-electron chi connectivity index (χ0n) is 12.5. The first kappa shape index (κ1) is 14.1. The lowest BCUT2D eigenvalue weighted by molar-refractivity contribution is -0.0142. The van der Waals surface area contributed by atoms with Gasteiger partial charge in [-0.2, -0.15) is 0 Å². The van der Waals surface area contributed by atoms with E-state index in [1.165, 1.54) is 31.2 Å². The van der Waals surface area contributed by atoms with Crippen LogP contribution in [-0.2, 0) is 0 Å². The second kappa shape index (κ2) is 5.87. The molecule has 3 rings (SSSR count). The van der Waals surface area contributed by atoms with E-state index in [-0.39, 0.29) is 0 Å². The third-order valence-electron chi connectivity index (χ3n) is 4.97. The van der Waals surface area contributed by atoms with E-state index in [0.29, 0.717) is 12.0 Å². The van der Waals surface area contributed by atoms with Crippen molar-refractivity contribution in [2.24, 2.45) is 11.8 Å². The molecule has 2 nitrogen and oxygen atoms in total. The average molecular weight is 273 g/mol. The Labute approximate surface area is 122 Å². The first-order chi connectivity index (χ1) is 9.66.